The molecule has 0 atom stereocenters. The van der Waals surface area contributed by atoms with Crippen LogP contribution in [0.1, 0.15) is 16.2 Å². The van der Waals surface area contributed by atoms with Crippen molar-refractivity contribution in [1.82, 2.24) is 9.88 Å². The van der Waals surface area contributed by atoms with Crippen LogP contribution in [0.15, 0.2) is 12.1 Å². The summed E-state index contributed by atoms with van der Waals surface area (Å²) >= 11 is 0. The first-order valence-corrected chi connectivity index (χ1v) is 6.94. The molecule has 0 aliphatic carbocycles. The summed E-state index contributed by atoms with van der Waals surface area (Å²) in [7, 11) is 0. The fraction of sp³-hybridized carbons (Fsp3) is 0.538. The van der Waals surface area contributed by atoms with Crippen LogP contribution in [0.3, 0.4) is 0 Å². The number of nitro groups is 1. The summed E-state index contributed by atoms with van der Waals surface area (Å²) in [5.41, 5.74) is -0.213. The van der Waals surface area contributed by atoms with Crippen LogP contribution in [0.4, 0.5) is 5.69 Å². The Morgan fingerprint density at radius 3 is 2.29 bits per heavy atom. The van der Waals surface area contributed by atoms with Crippen molar-refractivity contribution < 1.29 is 80.2 Å². The maximum atomic E-state index is 11.0. The molecule has 1 aliphatic rings. The van der Waals surface area contributed by atoms with Crippen molar-refractivity contribution in [2.45, 2.75) is 6.54 Å². The first-order valence-electron chi connectivity index (χ1n) is 6.94. The summed E-state index contributed by atoms with van der Waals surface area (Å²) in [5.74, 6) is -1.28. The molecule has 126 valence electrons. The summed E-state index contributed by atoms with van der Waals surface area (Å²) in [5, 5.41) is 28.6. The van der Waals surface area contributed by atoms with Crippen molar-refractivity contribution in [1.29, 1.82) is 0 Å². The number of aromatic carboxylic acids is 1. The molecule has 0 amide bonds. The van der Waals surface area contributed by atoms with Gasteiger partial charge in [-0.15, -0.1) is 13.1 Å². The molecule has 1 fully saturated rings. The van der Waals surface area contributed by atoms with Gasteiger partial charge in [0.05, 0.1) is 10.6 Å². The second-order valence-electron chi connectivity index (χ2n) is 4.88. The van der Waals surface area contributed by atoms with E-state index in [4.69, 9.17) is 5.11 Å². The van der Waals surface area contributed by atoms with Crippen LogP contribution < -0.4 is 0 Å². The van der Waals surface area contributed by atoms with Gasteiger partial charge in [0.1, 0.15) is 0 Å². The van der Waals surface area contributed by atoms with Crippen LogP contribution in [-0.4, -0.2) is 65.2 Å². The van der Waals surface area contributed by atoms with Crippen LogP contribution >= 0.6 is 0 Å². The van der Waals surface area contributed by atoms with E-state index in [2.05, 4.69) is 15.6 Å². The Hall–Kier alpha value is 0.108. The molecule has 1 aromatic heterocycles. The minimum atomic E-state index is -1.28. The fourth-order valence-electron chi connectivity index (χ4n) is 2.16. The van der Waals surface area contributed by atoms with E-state index in [-0.39, 0.29) is 76.8 Å². The molecular formula is C13H17N5O4Y2-2. The molecule has 0 aromatic carbocycles. The number of hydrogen-bond acceptors (Lipinski definition) is 5. The standard InChI is InChI=1S/C13H17N5O4.2Y/c19-13(20)12-8-11(18(21)22)7-10(16-12)9-17-5-3-14-1-2-15-4-6-17;;/h7-8H,1-6,9H2,(H,19,20);;/q-2;;. The van der Waals surface area contributed by atoms with E-state index >= 15 is 0 Å². The van der Waals surface area contributed by atoms with Crippen molar-refractivity contribution in [3.63, 3.8) is 0 Å². The molecule has 11 heteroatoms. The van der Waals surface area contributed by atoms with Crippen molar-refractivity contribution in [2.75, 3.05) is 39.3 Å². The zero-order valence-electron chi connectivity index (χ0n) is 13.2. The van der Waals surface area contributed by atoms with E-state index in [1.165, 1.54) is 6.07 Å². The van der Waals surface area contributed by atoms with Gasteiger partial charge >= 0.3 is 5.97 Å². The maximum Gasteiger partial charge on any atom is 0.354 e. The summed E-state index contributed by atoms with van der Waals surface area (Å²) in [6.45, 7) is 4.49. The second-order valence-corrected chi connectivity index (χ2v) is 4.88. The molecule has 2 heterocycles. The van der Waals surface area contributed by atoms with E-state index in [0.717, 1.165) is 6.07 Å². The molecule has 1 N–H and O–H groups in total. The Kier molecular flexibility index (Phi) is 12.5. The van der Waals surface area contributed by atoms with Gasteiger partial charge in [-0.2, -0.15) is 13.1 Å². The minimum Gasteiger partial charge on any atom is -0.663 e. The summed E-state index contributed by atoms with van der Waals surface area (Å²) in [6, 6.07) is 2.28. The number of carbonyl (C=O) groups is 1. The molecular weight excluding hydrogens is 468 g/mol. The molecule has 0 bridgehead atoms. The Morgan fingerprint density at radius 1 is 1.21 bits per heavy atom. The minimum absolute atomic E-state index is 0. The van der Waals surface area contributed by atoms with Crippen LogP contribution in [-0.2, 0) is 72.0 Å². The SMILES string of the molecule is O=C(O)c1cc([N+](=O)[O-])cc(CN2CC[N-]CC[N-]CC2)n1.[Y].[Y]. The van der Waals surface area contributed by atoms with E-state index in [0.29, 0.717) is 51.5 Å². The predicted octanol–water partition coefficient (Wildman–Crippen LogP) is 1.25. The first-order chi connectivity index (χ1) is 10.6. The van der Waals surface area contributed by atoms with Gasteiger partial charge in [0.15, 0.2) is 5.69 Å². The Balaban J connectivity index is 0.00000264. The Labute approximate surface area is 190 Å². The molecule has 24 heavy (non-hydrogen) atoms. The van der Waals surface area contributed by atoms with Crippen LogP contribution in [0, 0.1) is 10.1 Å². The van der Waals surface area contributed by atoms with Crippen molar-refractivity contribution in [3.05, 3.63) is 44.3 Å². The van der Waals surface area contributed by atoms with Gasteiger partial charge in [-0.1, -0.05) is 0 Å². The summed E-state index contributed by atoms with van der Waals surface area (Å²) < 4.78 is 0. The number of pyridine rings is 1. The average Bonchev–Trinajstić information content (AvgIpc) is 2.61. The number of rotatable bonds is 4. The molecule has 1 aliphatic heterocycles. The molecule has 1 aromatic rings. The summed E-state index contributed by atoms with van der Waals surface area (Å²) in [6.07, 6.45) is 0. The van der Waals surface area contributed by atoms with Gasteiger partial charge < -0.3 is 20.6 Å². The molecule has 2 rings (SSSR count). The largest absolute Gasteiger partial charge is 0.663 e. The molecule has 0 unspecified atom stereocenters. The number of nitrogens with zero attached hydrogens (tertiary/aromatic N) is 5. The molecule has 0 spiro atoms. The van der Waals surface area contributed by atoms with E-state index in [1.54, 1.807) is 0 Å². The monoisotopic (exact) mass is 485 g/mol. The number of aromatic nitrogens is 1. The Morgan fingerprint density at radius 2 is 1.79 bits per heavy atom. The number of carboxylic acids is 1. The van der Waals surface area contributed by atoms with Crippen LogP contribution in [0.25, 0.3) is 10.6 Å². The Bertz CT molecular complexity index is 519. The fourth-order valence-corrected chi connectivity index (χ4v) is 2.16. The predicted molar refractivity (Wildman–Crippen MR) is 79.3 cm³/mol. The zero-order chi connectivity index (χ0) is 15.9. The molecule has 1 saturated heterocycles. The third-order valence-electron chi connectivity index (χ3n) is 3.24. The van der Waals surface area contributed by atoms with Gasteiger partial charge in [-0.3, -0.25) is 10.1 Å². The van der Waals surface area contributed by atoms with Crippen molar-refractivity contribution in [2.24, 2.45) is 0 Å². The maximum absolute atomic E-state index is 11.0. The smallest absolute Gasteiger partial charge is 0.354 e. The van der Waals surface area contributed by atoms with Gasteiger partial charge in [-0.05, 0) is 13.1 Å². The topological polar surface area (TPSA) is 125 Å². The van der Waals surface area contributed by atoms with E-state index < -0.39 is 10.9 Å². The van der Waals surface area contributed by atoms with Gasteiger partial charge in [0.2, 0.25) is 0 Å². The zero-order valence-corrected chi connectivity index (χ0v) is 18.8. The third kappa shape index (κ3) is 7.99. The molecule has 0 saturated carbocycles. The summed E-state index contributed by atoms with van der Waals surface area (Å²) in [4.78, 5) is 27.3. The van der Waals surface area contributed by atoms with Crippen LogP contribution in [0.2, 0.25) is 0 Å². The van der Waals surface area contributed by atoms with E-state index in [9.17, 15) is 14.9 Å². The molecule has 9 nitrogen and oxygen atoms in total. The van der Waals surface area contributed by atoms with Crippen molar-refractivity contribution in [3.8, 4) is 0 Å². The van der Waals surface area contributed by atoms with Crippen LogP contribution in [0.5, 0.6) is 0 Å². The number of carboxylic acid groups (broad SMARTS) is 1. The quantitative estimate of drug-likeness (QED) is 0.506. The van der Waals surface area contributed by atoms with Gasteiger partial charge in [0.25, 0.3) is 5.69 Å². The third-order valence-corrected chi connectivity index (χ3v) is 3.24. The molecule has 2 radical (unpaired) electrons. The second kappa shape index (κ2) is 12.5. The van der Waals surface area contributed by atoms with E-state index in [1.807, 2.05) is 4.90 Å². The average molecular weight is 485 g/mol. The number of hydrogen-bond donors (Lipinski definition) is 1. The van der Waals surface area contributed by atoms with Crippen molar-refractivity contribution >= 4 is 11.7 Å². The van der Waals surface area contributed by atoms with Gasteiger partial charge in [-0.25, -0.2) is 9.78 Å². The normalized spacial score (nSPS) is 15.8. The first kappa shape index (κ1) is 24.1. The van der Waals surface area contributed by atoms with Gasteiger partial charge in [0, 0.05) is 84.1 Å².